The molecule has 1 saturated heterocycles. The highest BCUT2D eigenvalue weighted by Gasteiger charge is 2.17. The summed E-state index contributed by atoms with van der Waals surface area (Å²) in [4.78, 5) is 13.6. The number of hydrazine groups is 1. The Morgan fingerprint density at radius 3 is 2.57 bits per heavy atom. The van der Waals surface area contributed by atoms with E-state index in [0.717, 1.165) is 38.2 Å². The lowest BCUT2D eigenvalue weighted by Crippen LogP contribution is -2.37. The summed E-state index contributed by atoms with van der Waals surface area (Å²) in [5.41, 5.74) is 2.60. The van der Waals surface area contributed by atoms with E-state index in [1.54, 1.807) is 24.3 Å². The quantitative estimate of drug-likeness (QED) is 0.401. The predicted octanol–water partition coefficient (Wildman–Crippen LogP) is 0.373. The Bertz CT molecular complexity index is 442. The minimum Gasteiger partial charge on any atom is -0.492 e. The molecule has 6 heteroatoms. The average molecular weight is 293 g/mol. The number of carbonyl (C=O) groups is 1. The second-order valence-electron chi connectivity index (χ2n) is 5.31. The molecule has 4 N–H and O–H groups in total. The van der Waals surface area contributed by atoms with Gasteiger partial charge in [0.05, 0.1) is 0 Å². The smallest absolute Gasteiger partial charge is 0.265 e. The number of carbonyl (C=O) groups excluding carboxylic acids is 1. The van der Waals surface area contributed by atoms with Crippen LogP contribution in [-0.4, -0.2) is 48.8 Å². The molecule has 0 aromatic heterocycles. The summed E-state index contributed by atoms with van der Waals surface area (Å²) in [5.74, 6) is 5.97. The normalized spacial score (nSPS) is 16.7. The van der Waals surface area contributed by atoms with E-state index in [1.807, 2.05) is 0 Å². The molecule has 0 spiro atoms. The zero-order chi connectivity index (χ0) is 15.1. The van der Waals surface area contributed by atoms with Crippen molar-refractivity contribution in [2.45, 2.75) is 12.8 Å². The average Bonchev–Trinajstić information content (AvgIpc) is 2.55. The van der Waals surface area contributed by atoms with Crippen molar-refractivity contribution in [3.8, 4) is 5.75 Å². The molecule has 0 bridgehead atoms. The van der Waals surface area contributed by atoms with Crippen LogP contribution in [0.25, 0.3) is 0 Å². The molecule has 0 atom stereocenters. The molecule has 0 unspecified atom stereocenters. The van der Waals surface area contributed by atoms with Crippen LogP contribution in [0.3, 0.4) is 0 Å². The number of ether oxygens (including phenoxy) is 1. The SMILES string of the molecule is NNC(=O)c1ccc(OCCN2CCC(CO)CC2)cc1. The molecule has 1 aliphatic rings. The first-order valence-corrected chi connectivity index (χ1v) is 7.30. The molecular formula is C15H23N3O3. The van der Waals surface area contributed by atoms with Crippen molar-refractivity contribution >= 4 is 5.91 Å². The number of nitrogen functional groups attached to an aromatic ring is 1. The number of likely N-dealkylation sites (tertiary alicyclic amines) is 1. The van der Waals surface area contributed by atoms with E-state index in [4.69, 9.17) is 15.7 Å². The highest BCUT2D eigenvalue weighted by Crippen LogP contribution is 2.16. The van der Waals surface area contributed by atoms with E-state index >= 15 is 0 Å². The molecule has 116 valence electrons. The van der Waals surface area contributed by atoms with Gasteiger partial charge in [-0.15, -0.1) is 0 Å². The lowest BCUT2D eigenvalue weighted by molar-refractivity contribution is 0.0953. The first kappa shape index (κ1) is 15.8. The van der Waals surface area contributed by atoms with E-state index in [0.29, 0.717) is 24.7 Å². The molecule has 21 heavy (non-hydrogen) atoms. The Balaban J connectivity index is 1.70. The molecule has 2 rings (SSSR count). The molecule has 6 nitrogen and oxygen atoms in total. The lowest BCUT2D eigenvalue weighted by atomic mass is 9.98. The molecular weight excluding hydrogens is 270 g/mol. The maximum Gasteiger partial charge on any atom is 0.265 e. The number of aliphatic hydroxyl groups is 1. The summed E-state index contributed by atoms with van der Waals surface area (Å²) in [7, 11) is 0. The Labute approximate surface area is 124 Å². The van der Waals surface area contributed by atoms with Crippen LogP contribution in [0.4, 0.5) is 0 Å². The summed E-state index contributed by atoms with van der Waals surface area (Å²) in [5, 5.41) is 9.10. The standard InChI is InChI=1S/C15H23N3O3/c16-17-15(20)13-1-3-14(4-2-13)21-10-9-18-7-5-12(11-19)6-8-18/h1-4,12,19H,5-11,16H2,(H,17,20). The fourth-order valence-corrected chi connectivity index (χ4v) is 2.47. The Morgan fingerprint density at radius 1 is 1.33 bits per heavy atom. The number of aliphatic hydroxyl groups excluding tert-OH is 1. The number of benzene rings is 1. The molecule has 1 amide bonds. The lowest BCUT2D eigenvalue weighted by Gasteiger charge is -2.30. The van der Waals surface area contributed by atoms with Crippen LogP contribution >= 0.6 is 0 Å². The van der Waals surface area contributed by atoms with Crippen molar-refractivity contribution < 1.29 is 14.6 Å². The van der Waals surface area contributed by atoms with Gasteiger partial charge < -0.3 is 9.84 Å². The Kier molecular flexibility index (Phi) is 5.98. The van der Waals surface area contributed by atoms with Crippen molar-refractivity contribution in [3.63, 3.8) is 0 Å². The maximum absolute atomic E-state index is 11.3. The van der Waals surface area contributed by atoms with Crippen LogP contribution in [0, 0.1) is 5.92 Å². The minimum absolute atomic E-state index is 0.299. The third kappa shape index (κ3) is 4.70. The van der Waals surface area contributed by atoms with E-state index in [9.17, 15) is 4.79 Å². The van der Waals surface area contributed by atoms with Gasteiger partial charge in [0, 0.05) is 18.7 Å². The van der Waals surface area contributed by atoms with Gasteiger partial charge in [-0.3, -0.25) is 15.1 Å². The number of hydrogen-bond donors (Lipinski definition) is 3. The monoisotopic (exact) mass is 293 g/mol. The number of nitrogens with zero attached hydrogens (tertiary/aromatic N) is 1. The summed E-state index contributed by atoms with van der Waals surface area (Å²) in [6.45, 7) is 3.83. The first-order valence-electron chi connectivity index (χ1n) is 7.30. The van der Waals surface area contributed by atoms with Crippen LogP contribution in [0.15, 0.2) is 24.3 Å². The first-order chi connectivity index (χ1) is 10.2. The topological polar surface area (TPSA) is 87.8 Å². The van der Waals surface area contributed by atoms with Crippen molar-refractivity contribution in [2.24, 2.45) is 11.8 Å². The minimum atomic E-state index is -0.312. The van der Waals surface area contributed by atoms with Gasteiger partial charge in [-0.05, 0) is 56.1 Å². The van der Waals surface area contributed by atoms with Crippen LogP contribution in [0.1, 0.15) is 23.2 Å². The molecule has 0 saturated carbocycles. The number of rotatable bonds is 6. The van der Waals surface area contributed by atoms with E-state index in [-0.39, 0.29) is 5.91 Å². The zero-order valence-corrected chi connectivity index (χ0v) is 12.1. The highest BCUT2D eigenvalue weighted by atomic mass is 16.5. The van der Waals surface area contributed by atoms with Crippen molar-refractivity contribution in [2.75, 3.05) is 32.8 Å². The summed E-state index contributed by atoms with van der Waals surface area (Å²) in [6.07, 6.45) is 2.11. The molecule has 1 aromatic rings. The Morgan fingerprint density at radius 2 is 2.00 bits per heavy atom. The highest BCUT2D eigenvalue weighted by molar-refractivity contribution is 5.93. The van der Waals surface area contributed by atoms with E-state index < -0.39 is 0 Å². The number of amides is 1. The Hall–Kier alpha value is -1.63. The number of nitrogens with one attached hydrogen (secondary N) is 1. The van der Waals surface area contributed by atoms with Crippen LogP contribution in [0.2, 0.25) is 0 Å². The largest absolute Gasteiger partial charge is 0.492 e. The predicted molar refractivity (Wildman–Crippen MR) is 79.8 cm³/mol. The molecule has 1 aromatic carbocycles. The number of nitrogens with two attached hydrogens (primary N) is 1. The molecule has 1 aliphatic heterocycles. The van der Waals surface area contributed by atoms with Gasteiger partial charge >= 0.3 is 0 Å². The van der Waals surface area contributed by atoms with Crippen LogP contribution < -0.4 is 16.0 Å². The molecule has 1 heterocycles. The summed E-state index contributed by atoms with van der Waals surface area (Å²) in [6, 6.07) is 6.90. The summed E-state index contributed by atoms with van der Waals surface area (Å²) < 4.78 is 5.68. The maximum atomic E-state index is 11.3. The molecule has 1 fully saturated rings. The second-order valence-corrected chi connectivity index (χ2v) is 5.31. The van der Waals surface area contributed by atoms with E-state index in [2.05, 4.69) is 10.3 Å². The van der Waals surface area contributed by atoms with Gasteiger partial charge in [0.1, 0.15) is 12.4 Å². The summed E-state index contributed by atoms with van der Waals surface area (Å²) >= 11 is 0. The van der Waals surface area contributed by atoms with Gasteiger partial charge in [0.25, 0.3) is 5.91 Å². The van der Waals surface area contributed by atoms with Crippen molar-refractivity contribution in [1.29, 1.82) is 0 Å². The molecule has 0 radical (unpaired) electrons. The zero-order valence-electron chi connectivity index (χ0n) is 12.1. The van der Waals surface area contributed by atoms with Gasteiger partial charge in [0.2, 0.25) is 0 Å². The van der Waals surface area contributed by atoms with Crippen LogP contribution in [0.5, 0.6) is 5.75 Å². The fraction of sp³-hybridized carbons (Fsp3) is 0.533. The van der Waals surface area contributed by atoms with Crippen LogP contribution in [-0.2, 0) is 0 Å². The number of piperidine rings is 1. The number of hydrogen-bond acceptors (Lipinski definition) is 5. The molecule has 0 aliphatic carbocycles. The van der Waals surface area contributed by atoms with Gasteiger partial charge in [0.15, 0.2) is 0 Å². The third-order valence-corrected chi connectivity index (χ3v) is 3.89. The van der Waals surface area contributed by atoms with E-state index in [1.165, 1.54) is 0 Å². The van der Waals surface area contributed by atoms with Crippen molar-refractivity contribution in [3.05, 3.63) is 29.8 Å². The van der Waals surface area contributed by atoms with Gasteiger partial charge in [-0.2, -0.15) is 0 Å². The second kappa shape index (κ2) is 7.97. The van der Waals surface area contributed by atoms with Gasteiger partial charge in [-0.1, -0.05) is 0 Å². The third-order valence-electron chi connectivity index (χ3n) is 3.89. The fourth-order valence-electron chi connectivity index (χ4n) is 2.47. The van der Waals surface area contributed by atoms with Crippen molar-refractivity contribution in [1.82, 2.24) is 10.3 Å². The van der Waals surface area contributed by atoms with Gasteiger partial charge in [-0.25, -0.2) is 5.84 Å².